The van der Waals surface area contributed by atoms with Crippen molar-refractivity contribution in [1.29, 1.82) is 0 Å². The Bertz CT molecular complexity index is 1930. The fraction of sp³-hybridized carbons (Fsp3) is 0.538. The Morgan fingerprint density at radius 3 is 2.40 bits per heavy atom. The molecule has 3 amide bonds. The molecule has 298 valence electrons. The van der Waals surface area contributed by atoms with Crippen molar-refractivity contribution in [2.24, 2.45) is 17.8 Å². The van der Waals surface area contributed by atoms with Gasteiger partial charge in [-0.2, -0.15) is 13.2 Å². The number of carbonyl (C=O) groups is 3. The van der Waals surface area contributed by atoms with E-state index in [1.54, 1.807) is 26.0 Å². The van der Waals surface area contributed by atoms with E-state index in [-0.39, 0.29) is 49.4 Å². The summed E-state index contributed by atoms with van der Waals surface area (Å²) in [6.45, 7) is 10.8. The lowest BCUT2D eigenvalue weighted by atomic mass is 9.76. The smallest absolute Gasteiger partial charge is 0.397 e. The fourth-order valence-corrected chi connectivity index (χ4v) is 7.73. The van der Waals surface area contributed by atoms with Crippen LogP contribution in [0.3, 0.4) is 0 Å². The second kappa shape index (κ2) is 17.0. The molecule has 2 aromatic heterocycles. The normalized spacial score (nSPS) is 21.3. The van der Waals surface area contributed by atoms with Gasteiger partial charge in [-0.05, 0) is 53.4 Å². The summed E-state index contributed by atoms with van der Waals surface area (Å²) in [5, 5.41) is 19.7. The van der Waals surface area contributed by atoms with Gasteiger partial charge >= 0.3 is 6.18 Å². The number of amides is 3. The quantitative estimate of drug-likeness (QED) is 0.0998. The van der Waals surface area contributed by atoms with Gasteiger partial charge in [0.05, 0.1) is 24.0 Å². The van der Waals surface area contributed by atoms with E-state index in [0.717, 1.165) is 0 Å². The van der Waals surface area contributed by atoms with Crippen LogP contribution in [0.5, 0.6) is 0 Å². The lowest BCUT2D eigenvalue weighted by Crippen LogP contribution is -2.67. The molecule has 2 heterocycles. The zero-order valence-corrected chi connectivity index (χ0v) is 32.6. The van der Waals surface area contributed by atoms with Crippen molar-refractivity contribution < 1.29 is 36.4 Å². The predicted octanol–water partition coefficient (Wildman–Crippen LogP) is 5.92. The maximum absolute atomic E-state index is 14.8. The van der Waals surface area contributed by atoms with Crippen LogP contribution >= 0.6 is 12.2 Å². The summed E-state index contributed by atoms with van der Waals surface area (Å²) in [5.74, 6) is -4.87. The number of carbonyl (C=O) groups excluding carboxylic acids is 3. The molecule has 0 saturated carbocycles. The highest BCUT2D eigenvalue weighted by molar-refractivity contribution is 7.80. The molecule has 5 N–H and O–H groups in total. The molecule has 0 fully saturated rings. The van der Waals surface area contributed by atoms with E-state index in [4.69, 9.17) is 16.6 Å². The number of alkyl halides is 3. The molecule has 0 saturated heterocycles. The number of nitrogens with one attached hydrogen (secondary N) is 5. The molecule has 5 rings (SSSR count). The maximum Gasteiger partial charge on any atom is 0.397 e. The molecule has 2 aliphatic rings. The lowest BCUT2D eigenvalue weighted by Gasteiger charge is -2.40. The first kappa shape index (κ1) is 41.6. The summed E-state index contributed by atoms with van der Waals surface area (Å²) in [5.41, 5.74) is -0.0398. The largest absolute Gasteiger partial charge is 0.424 e. The van der Waals surface area contributed by atoms with Gasteiger partial charge in [0.25, 0.3) is 0 Å². The van der Waals surface area contributed by atoms with Crippen molar-refractivity contribution in [3.8, 4) is 0 Å². The molecule has 0 radical (unpaired) electrons. The van der Waals surface area contributed by atoms with Gasteiger partial charge in [-0.25, -0.2) is 4.39 Å². The van der Waals surface area contributed by atoms with Gasteiger partial charge < -0.3 is 30.7 Å². The van der Waals surface area contributed by atoms with Crippen molar-refractivity contribution in [2.45, 2.75) is 116 Å². The molecular formula is C39H49F4N7O4S. The molecule has 2 aliphatic carbocycles. The monoisotopic (exact) mass is 787 g/mol. The number of nitrogens with zero attached hydrogens (tertiary/aromatic N) is 2. The number of rotatable bonds is 14. The number of hydrogen-bond donors (Lipinski definition) is 5. The first-order valence-electron chi connectivity index (χ1n) is 18.7. The third-order valence-electron chi connectivity index (χ3n) is 11.0. The van der Waals surface area contributed by atoms with E-state index in [1.165, 1.54) is 31.2 Å². The van der Waals surface area contributed by atoms with Gasteiger partial charge in [0, 0.05) is 24.7 Å². The Balaban J connectivity index is 1.49. The van der Waals surface area contributed by atoms with Crippen molar-refractivity contribution in [2.75, 3.05) is 0 Å². The molecule has 11 nitrogen and oxygen atoms in total. The van der Waals surface area contributed by atoms with E-state index >= 15 is 0 Å². The maximum atomic E-state index is 14.8. The summed E-state index contributed by atoms with van der Waals surface area (Å²) < 4.78 is 63.0. The second-order valence-electron chi connectivity index (χ2n) is 14.9. The minimum absolute atomic E-state index is 0.0343. The van der Waals surface area contributed by atoms with Gasteiger partial charge in [0.2, 0.25) is 29.5 Å². The first-order chi connectivity index (χ1) is 26.0. The van der Waals surface area contributed by atoms with Crippen LogP contribution in [0.2, 0.25) is 0 Å². The van der Waals surface area contributed by atoms with Crippen LogP contribution in [0.4, 0.5) is 17.6 Å². The standard InChI is InChI=1S/C39H49F4N7O4S/c1-7-20(3)32(46-29(51)17-24-11-9-10-12-27(24)40)35(52)48-38(37(53)47-33(21(4)8-2)36(55)44-19-30-50-49-23(6)54-30)16-15-28-26(18-38)25-14-13-22(5)31(34(25)45-28)39(41,42)43/h9-14,20-22,31-33,45H,7-8,15-19H2,1-6H3,(H,44,55)(H,46,51)(H,47,53)(H,48,52)/t20?,21?,22?,31?,32-,33-,38+/m0/s1. The minimum atomic E-state index is -4.52. The van der Waals surface area contributed by atoms with Crippen molar-refractivity contribution in [3.05, 3.63) is 76.0 Å². The van der Waals surface area contributed by atoms with Crippen LogP contribution in [0, 0.1) is 30.5 Å². The Morgan fingerprint density at radius 1 is 1.07 bits per heavy atom. The Hall–Kier alpha value is -4.60. The number of hydrogen-bond acceptors (Lipinski definition) is 7. The zero-order valence-electron chi connectivity index (χ0n) is 31.8. The van der Waals surface area contributed by atoms with E-state index in [0.29, 0.717) is 46.4 Å². The van der Waals surface area contributed by atoms with Gasteiger partial charge in [0.1, 0.15) is 23.3 Å². The molecular weight excluding hydrogens is 739 g/mol. The van der Waals surface area contributed by atoms with Crippen LogP contribution < -0.4 is 21.3 Å². The lowest BCUT2D eigenvalue weighted by molar-refractivity contribution is -0.158. The molecule has 0 bridgehead atoms. The highest BCUT2D eigenvalue weighted by atomic mass is 32.1. The average Bonchev–Trinajstić information content (AvgIpc) is 3.73. The Morgan fingerprint density at radius 2 is 1.76 bits per heavy atom. The van der Waals surface area contributed by atoms with E-state index < -0.39 is 65.1 Å². The number of aromatic nitrogens is 3. The molecule has 0 spiro atoms. The second-order valence-corrected chi connectivity index (χ2v) is 15.3. The van der Waals surface area contributed by atoms with E-state index in [9.17, 15) is 31.9 Å². The van der Waals surface area contributed by atoms with E-state index in [1.807, 2.05) is 20.8 Å². The number of H-pyrrole nitrogens is 1. The number of benzene rings is 1. The number of aryl methyl sites for hydroxylation is 2. The van der Waals surface area contributed by atoms with Gasteiger partial charge in [0.15, 0.2) is 0 Å². The van der Waals surface area contributed by atoms with Gasteiger partial charge in [-0.1, -0.05) is 90.0 Å². The summed E-state index contributed by atoms with van der Waals surface area (Å²) in [6, 6.07) is 4.02. The highest BCUT2D eigenvalue weighted by Gasteiger charge is 2.51. The van der Waals surface area contributed by atoms with Crippen LogP contribution in [0.15, 0.2) is 34.8 Å². The fourth-order valence-electron chi connectivity index (χ4n) is 7.37. The van der Waals surface area contributed by atoms with Crippen molar-refractivity contribution in [1.82, 2.24) is 36.4 Å². The third-order valence-corrected chi connectivity index (χ3v) is 11.4. The predicted molar refractivity (Wildman–Crippen MR) is 202 cm³/mol. The van der Waals surface area contributed by atoms with Crippen LogP contribution in [0.25, 0.3) is 6.08 Å². The number of allylic oxidation sites excluding steroid dienone is 1. The first-order valence-corrected chi connectivity index (χ1v) is 19.1. The molecule has 55 heavy (non-hydrogen) atoms. The minimum Gasteiger partial charge on any atom is -0.424 e. The number of fused-ring (bicyclic) bond motifs is 3. The average molecular weight is 788 g/mol. The molecule has 1 aromatic carbocycles. The van der Waals surface area contributed by atoms with Crippen molar-refractivity contribution in [3.63, 3.8) is 0 Å². The highest BCUT2D eigenvalue weighted by Crippen LogP contribution is 2.47. The van der Waals surface area contributed by atoms with Gasteiger partial charge in [-0.3, -0.25) is 14.4 Å². The summed E-state index contributed by atoms with van der Waals surface area (Å²) in [4.78, 5) is 45.8. The number of halogens is 4. The van der Waals surface area contributed by atoms with Crippen LogP contribution in [-0.4, -0.2) is 61.7 Å². The van der Waals surface area contributed by atoms with Gasteiger partial charge in [-0.15, -0.1) is 10.2 Å². The van der Waals surface area contributed by atoms with E-state index in [2.05, 4.69) is 36.4 Å². The number of aromatic amines is 1. The number of thiocarbonyl (C=S) groups is 1. The summed E-state index contributed by atoms with van der Waals surface area (Å²) in [7, 11) is 0. The molecule has 4 unspecified atom stereocenters. The Labute approximate surface area is 323 Å². The summed E-state index contributed by atoms with van der Waals surface area (Å²) in [6.07, 6.45) is -0.503. The molecule has 3 aromatic rings. The zero-order chi connectivity index (χ0) is 40.2. The SMILES string of the molecule is CCC(C)[C@H](NC(=O)Cc1ccccc1F)C(=O)N[C@]1(C(=O)N[C@H](C(=S)NCc2nnc(C)o2)C(C)CC)CCc2[nH]c3c(c2C1)C=CC(C)C3C(F)(F)F. The van der Waals surface area contributed by atoms with Crippen LogP contribution in [-0.2, 0) is 40.2 Å². The third kappa shape index (κ3) is 9.27. The van der Waals surface area contributed by atoms with Crippen LogP contribution in [0.1, 0.15) is 99.7 Å². The summed E-state index contributed by atoms with van der Waals surface area (Å²) >= 11 is 5.76. The van der Waals surface area contributed by atoms with Crippen molar-refractivity contribution >= 4 is 41.0 Å². The Kier molecular flexibility index (Phi) is 12.9. The topological polar surface area (TPSA) is 154 Å². The molecule has 7 atom stereocenters. The molecule has 0 aliphatic heterocycles. The molecule has 16 heteroatoms.